The highest BCUT2D eigenvalue weighted by Crippen LogP contribution is 2.39. The topological polar surface area (TPSA) is 29.5 Å². The van der Waals surface area contributed by atoms with Crippen LogP contribution in [0.1, 0.15) is 71.3 Å². The van der Waals surface area contributed by atoms with Crippen molar-refractivity contribution >= 4 is 14.1 Å². The highest BCUT2D eigenvalue weighted by molar-refractivity contribution is 6.74. The quantitative estimate of drug-likeness (QED) is 0.374. The molecule has 0 saturated carbocycles. The lowest BCUT2D eigenvalue weighted by Gasteiger charge is -2.48. The van der Waals surface area contributed by atoms with Gasteiger partial charge in [-0.2, -0.15) is 0 Å². The van der Waals surface area contributed by atoms with E-state index in [2.05, 4.69) is 69.1 Å². The number of hydrogen-bond acceptors (Lipinski definition) is 3. The van der Waals surface area contributed by atoms with Crippen LogP contribution in [0.15, 0.2) is 30.3 Å². The van der Waals surface area contributed by atoms with E-state index >= 15 is 0 Å². The number of rotatable bonds is 8. The zero-order valence-electron chi connectivity index (χ0n) is 19.2. The molecule has 2 saturated heterocycles. The SMILES string of the molecule is CC(C)(C)[Si](C)(C)OCCCC(=O)C1CC2CCCC(C1)N2Cc1ccccc1. The Balaban J connectivity index is 1.48. The van der Waals surface area contributed by atoms with E-state index in [0.29, 0.717) is 24.3 Å². The lowest BCUT2D eigenvalue weighted by molar-refractivity contribution is -0.127. The average molecular weight is 416 g/mol. The lowest BCUT2D eigenvalue weighted by atomic mass is 9.76. The Kier molecular flexibility index (Phi) is 7.40. The standard InChI is InChI=1S/C25H41NO2Si/c1-25(2,3)29(4,5)28-16-10-15-24(27)21-17-22-13-9-14-23(18-21)26(22)19-20-11-7-6-8-12-20/h6-8,11-12,21-23H,9-10,13-19H2,1-5H3. The molecule has 3 nitrogen and oxygen atoms in total. The van der Waals surface area contributed by atoms with E-state index in [-0.39, 0.29) is 11.0 Å². The van der Waals surface area contributed by atoms with Gasteiger partial charge in [0.2, 0.25) is 0 Å². The summed E-state index contributed by atoms with van der Waals surface area (Å²) in [5.41, 5.74) is 1.40. The van der Waals surface area contributed by atoms with Crippen molar-refractivity contribution in [2.75, 3.05) is 6.61 Å². The number of benzene rings is 1. The van der Waals surface area contributed by atoms with Gasteiger partial charge in [-0.1, -0.05) is 57.5 Å². The van der Waals surface area contributed by atoms with Crippen LogP contribution in [0.5, 0.6) is 0 Å². The molecule has 2 heterocycles. The number of Topliss-reactive ketones (excluding diaryl/α,β-unsaturated/α-hetero) is 1. The number of hydrogen-bond donors (Lipinski definition) is 0. The van der Waals surface area contributed by atoms with Crippen molar-refractivity contribution in [3.8, 4) is 0 Å². The van der Waals surface area contributed by atoms with Gasteiger partial charge in [0.05, 0.1) is 0 Å². The average Bonchev–Trinajstić information content (AvgIpc) is 2.64. The van der Waals surface area contributed by atoms with Crippen molar-refractivity contribution in [2.24, 2.45) is 5.92 Å². The van der Waals surface area contributed by atoms with Crippen LogP contribution in [-0.2, 0) is 15.8 Å². The Bertz CT molecular complexity index is 653. The second-order valence-corrected chi connectivity index (χ2v) is 15.6. The van der Waals surface area contributed by atoms with Gasteiger partial charge in [-0.05, 0) is 55.8 Å². The minimum Gasteiger partial charge on any atom is -0.417 e. The highest BCUT2D eigenvalue weighted by atomic mass is 28.4. The smallest absolute Gasteiger partial charge is 0.191 e. The van der Waals surface area contributed by atoms with Crippen LogP contribution in [0.4, 0.5) is 0 Å². The van der Waals surface area contributed by atoms with Gasteiger partial charge in [0.15, 0.2) is 8.32 Å². The molecule has 1 aromatic rings. The predicted octanol–water partition coefficient (Wildman–Crippen LogP) is 6.19. The number of carbonyl (C=O) groups excluding carboxylic acids is 1. The molecule has 0 spiro atoms. The molecule has 4 heteroatoms. The summed E-state index contributed by atoms with van der Waals surface area (Å²) in [4.78, 5) is 15.7. The maximum atomic E-state index is 13.0. The van der Waals surface area contributed by atoms with Gasteiger partial charge >= 0.3 is 0 Å². The molecule has 1 aromatic carbocycles. The summed E-state index contributed by atoms with van der Waals surface area (Å²) < 4.78 is 6.27. The van der Waals surface area contributed by atoms with E-state index in [1.54, 1.807) is 0 Å². The van der Waals surface area contributed by atoms with Crippen LogP contribution in [0, 0.1) is 5.92 Å². The fourth-order valence-corrected chi connectivity index (χ4v) is 5.88. The normalized spacial score (nSPS) is 25.8. The van der Waals surface area contributed by atoms with E-state index in [1.807, 2.05) is 0 Å². The molecule has 162 valence electrons. The number of carbonyl (C=O) groups is 1. The first-order valence-electron chi connectivity index (χ1n) is 11.6. The first-order chi connectivity index (χ1) is 13.7. The van der Waals surface area contributed by atoms with Crippen molar-refractivity contribution in [1.82, 2.24) is 4.90 Å². The zero-order chi connectivity index (χ0) is 21.1. The predicted molar refractivity (Wildman–Crippen MR) is 124 cm³/mol. The van der Waals surface area contributed by atoms with E-state index in [0.717, 1.165) is 32.4 Å². The van der Waals surface area contributed by atoms with E-state index in [4.69, 9.17) is 4.43 Å². The summed E-state index contributed by atoms with van der Waals surface area (Å²) >= 11 is 0. The molecule has 0 N–H and O–H groups in total. The summed E-state index contributed by atoms with van der Waals surface area (Å²) in [5.74, 6) is 0.755. The molecule has 3 rings (SSSR count). The lowest BCUT2D eigenvalue weighted by Crippen LogP contribution is -2.52. The third-order valence-electron chi connectivity index (χ3n) is 7.63. The van der Waals surface area contributed by atoms with Crippen LogP contribution >= 0.6 is 0 Å². The maximum absolute atomic E-state index is 13.0. The monoisotopic (exact) mass is 415 g/mol. The highest BCUT2D eigenvalue weighted by Gasteiger charge is 2.40. The molecule has 2 fully saturated rings. The molecule has 0 aromatic heterocycles. The number of piperidine rings is 2. The minimum atomic E-state index is -1.70. The molecular weight excluding hydrogens is 374 g/mol. The van der Waals surface area contributed by atoms with Gasteiger partial charge in [-0.15, -0.1) is 0 Å². The molecule has 29 heavy (non-hydrogen) atoms. The van der Waals surface area contributed by atoms with Gasteiger partial charge in [0, 0.05) is 37.6 Å². The summed E-state index contributed by atoms with van der Waals surface area (Å²) in [7, 11) is -1.70. The molecule has 2 atom stereocenters. The molecule has 2 aliphatic rings. The summed E-state index contributed by atoms with van der Waals surface area (Å²) in [6.45, 7) is 13.2. The van der Waals surface area contributed by atoms with Crippen LogP contribution < -0.4 is 0 Å². The Labute approximate surface area is 179 Å². The fraction of sp³-hybridized carbons (Fsp3) is 0.720. The second kappa shape index (κ2) is 9.45. The molecule has 0 amide bonds. The molecule has 2 aliphatic heterocycles. The van der Waals surface area contributed by atoms with Crippen molar-refractivity contribution in [3.05, 3.63) is 35.9 Å². The van der Waals surface area contributed by atoms with Crippen molar-refractivity contribution in [1.29, 1.82) is 0 Å². The van der Waals surface area contributed by atoms with Crippen LogP contribution in [0.2, 0.25) is 18.1 Å². The second-order valence-electron chi connectivity index (χ2n) is 10.7. The third kappa shape index (κ3) is 5.80. The Morgan fingerprint density at radius 2 is 1.72 bits per heavy atom. The number of ketones is 1. The van der Waals surface area contributed by atoms with Crippen LogP contribution in [0.25, 0.3) is 0 Å². The fourth-order valence-electron chi connectivity index (χ4n) is 4.79. The maximum Gasteiger partial charge on any atom is 0.191 e. The van der Waals surface area contributed by atoms with Crippen LogP contribution in [-0.4, -0.2) is 37.7 Å². The number of nitrogens with zero attached hydrogens (tertiary/aromatic N) is 1. The summed E-state index contributed by atoms with van der Waals surface area (Å²) in [6.07, 6.45) is 7.52. The molecule has 0 aliphatic carbocycles. The molecular formula is C25H41NO2Si. The van der Waals surface area contributed by atoms with Gasteiger partial charge in [-0.25, -0.2) is 0 Å². The Hall–Kier alpha value is -0.973. The van der Waals surface area contributed by atoms with Gasteiger partial charge in [0.1, 0.15) is 5.78 Å². The van der Waals surface area contributed by atoms with Crippen molar-refractivity contribution in [2.45, 2.75) is 102 Å². The van der Waals surface area contributed by atoms with Crippen molar-refractivity contribution < 1.29 is 9.22 Å². The molecule has 2 unspecified atom stereocenters. The number of fused-ring (bicyclic) bond motifs is 2. The van der Waals surface area contributed by atoms with Crippen LogP contribution in [0.3, 0.4) is 0 Å². The van der Waals surface area contributed by atoms with E-state index in [9.17, 15) is 4.79 Å². The summed E-state index contributed by atoms with van der Waals surface area (Å²) in [5, 5.41) is 0.236. The minimum absolute atomic E-state index is 0.236. The van der Waals surface area contributed by atoms with Gasteiger partial charge in [-0.3, -0.25) is 9.69 Å². The first kappa shape index (κ1) is 22.7. The first-order valence-corrected chi connectivity index (χ1v) is 14.5. The zero-order valence-corrected chi connectivity index (χ0v) is 20.2. The Morgan fingerprint density at radius 1 is 1.10 bits per heavy atom. The molecule has 2 bridgehead atoms. The molecule has 0 radical (unpaired) electrons. The Morgan fingerprint density at radius 3 is 2.31 bits per heavy atom. The van der Waals surface area contributed by atoms with E-state index in [1.165, 1.54) is 24.8 Å². The van der Waals surface area contributed by atoms with Gasteiger partial charge in [0.25, 0.3) is 0 Å². The largest absolute Gasteiger partial charge is 0.417 e. The van der Waals surface area contributed by atoms with Crippen molar-refractivity contribution in [3.63, 3.8) is 0 Å². The van der Waals surface area contributed by atoms with Gasteiger partial charge < -0.3 is 4.43 Å². The van der Waals surface area contributed by atoms with E-state index < -0.39 is 8.32 Å². The summed E-state index contributed by atoms with van der Waals surface area (Å²) in [6, 6.07) is 12.0. The third-order valence-corrected chi connectivity index (χ3v) is 12.2.